The molecular weight excluding hydrogens is 240 g/mol. The van der Waals surface area contributed by atoms with Crippen LogP contribution < -0.4 is 10.9 Å². The second-order valence-corrected chi connectivity index (χ2v) is 5.32. The number of pyridine rings is 1. The molecule has 1 aliphatic carbocycles. The Morgan fingerprint density at radius 1 is 1.37 bits per heavy atom. The molecule has 1 saturated carbocycles. The Kier molecular flexibility index (Phi) is 4.77. The van der Waals surface area contributed by atoms with E-state index in [-0.39, 0.29) is 17.5 Å². The summed E-state index contributed by atoms with van der Waals surface area (Å²) in [5, 5.41) is 3.07. The van der Waals surface area contributed by atoms with Crippen LogP contribution in [0.15, 0.2) is 23.0 Å². The molecule has 1 heterocycles. The van der Waals surface area contributed by atoms with Crippen molar-refractivity contribution in [2.24, 2.45) is 5.92 Å². The van der Waals surface area contributed by atoms with E-state index in [1.807, 2.05) is 0 Å². The summed E-state index contributed by atoms with van der Waals surface area (Å²) >= 11 is 0. The number of rotatable bonds is 4. The molecule has 0 saturated heterocycles. The Balaban J connectivity index is 2.01. The third kappa shape index (κ3) is 3.69. The second kappa shape index (κ2) is 6.55. The number of aromatic nitrogens is 1. The van der Waals surface area contributed by atoms with Gasteiger partial charge in [0.05, 0.1) is 0 Å². The van der Waals surface area contributed by atoms with Gasteiger partial charge < -0.3 is 10.3 Å². The van der Waals surface area contributed by atoms with E-state index in [2.05, 4.69) is 17.2 Å². The maximum atomic E-state index is 12.1. The fraction of sp³-hybridized carbons (Fsp3) is 0.600. The van der Waals surface area contributed by atoms with Crippen LogP contribution >= 0.6 is 0 Å². The summed E-state index contributed by atoms with van der Waals surface area (Å²) in [5.41, 5.74) is 0.111. The minimum Gasteiger partial charge on any atom is -0.348 e. The smallest absolute Gasteiger partial charge is 0.268 e. The summed E-state index contributed by atoms with van der Waals surface area (Å²) in [5.74, 6) is 0.410. The van der Waals surface area contributed by atoms with Crippen LogP contribution in [0.25, 0.3) is 0 Å². The van der Waals surface area contributed by atoms with Crippen LogP contribution in [-0.2, 0) is 0 Å². The van der Waals surface area contributed by atoms with Gasteiger partial charge in [-0.05, 0) is 31.2 Å². The molecular formula is C15H22N2O2. The first-order valence-corrected chi connectivity index (χ1v) is 7.21. The highest BCUT2D eigenvalue weighted by Crippen LogP contribution is 2.27. The van der Waals surface area contributed by atoms with Crippen molar-refractivity contribution in [3.8, 4) is 0 Å². The topological polar surface area (TPSA) is 62.0 Å². The largest absolute Gasteiger partial charge is 0.348 e. The first-order chi connectivity index (χ1) is 9.20. The minimum absolute atomic E-state index is 0.171. The van der Waals surface area contributed by atoms with Crippen molar-refractivity contribution < 1.29 is 4.79 Å². The average molecular weight is 262 g/mol. The lowest BCUT2D eigenvalue weighted by Gasteiger charge is -2.30. The number of H-pyrrole nitrogens is 1. The number of aromatic amines is 1. The zero-order valence-electron chi connectivity index (χ0n) is 11.4. The molecule has 1 fully saturated rings. The van der Waals surface area contributed by atoms with Gasteiger partial charge in [0.25, 0.3) is 5.91 Å². The monoisotopic (exact) mass is 262 g/mol. The molecule has 1 amide bonds. The normalized spacial score (nSPS) is 17.9. The number of hydrogen-bond acceptors (Lipinski definition) is 2. The number of nitrogens with one attached hydrogen (secondary N) is 2. The molecule has 4 heteroatoms. The SMILES string of the molecule is CCC(NC(=O)c1cccc(=O)[nH]1)C1CCCCC1. The van der Waals surface area contributed by atoms with Gasteiger partial charge in [0.1, 0.15) is 5.69 Å². The average Bonchev–Trinajstić information content (AvgIpc) is 2.45. The van der Waals surface area contributed by atoms with Crippen LogP contribution in [0, 0.1) is 5.92 Å². The van der Waals surface area contributed by atoms with Crippen molar-refractivity contribution >= 4 is 5.91 Å². The standard InChI is InChI=1S/C15H22N2O2/c1-2-12(11-7-4-3-5-8-11)17-15(19)13-9-6-10-14(18)16-13/h6,9-12H,2-5,7-8H2,1H3,(H,16,18)(H,17,19). The highest BCUT2D eigenvalue weighted by molar-refractivity contribution is 5.92. The van der Waals surface area contributed by atoms with Crippen LogP contribution in [0.3, 0.4) is 0 Å². The molecule has 2 N–H and O–H groups in total. The summed E-state index contributed by atoms with van der Waals surface area (Å²) in [7, 11) is 0. The van der Waals surface area contributed by atoms with Gasteiger partial charge in [-0.15, -0.1) is 0 Å². The number of carbonyl (C=O) groups excluding carboxylic acids is 1. The highest BCUT2D eigenvalue weighted by atomic mass is 16.2. The highest BCUT2D eigenvalue weighted by Gasteiger charge is 2.24. The summed E-state index contributed by atoms with van der Waals surface area (Å²) in [4.78, 5) is 25.9. The Hall–Kier alpha value is -1.58. The van der Waals surface area contributed by atoms with Crippen LogP contribution in [0.4, 0.5) is 0 Å². The fourth-order valence-corrected chi connectivity index (χ4v) is 2.92. The summed E-state index contributed by atoms with van der Waals surface area (Å²) in [6, 6.07) is 4.88. The number of hydrogen-bond donors (Lipinski definition) is 2. The van der Waals surface area contributed by atoms with Crippen LogP contribution in [-0.4, -0.2) is 16.9 Å². The van der Waals surface area contributed by atoms with Gasteiger partial charge >= 0.3 is 0 Å². The van der Waals surface area contributed by atoms with E-state index in [9.17, 15) is 9.59 Å². The third-order valence-corrected chi connectivity index (χ3v) is 3.99. The molecule has 0 spiro atoms. The van der Waals surface area contributed by atoms with E-state index in [1.165, 1.54) is 38.2 Å². The van der Waals surface area contributed by atoms with Crippen molar-refractivity contribution in [1.29, 1.82) is 0 Å². The predicted molar refractivity (Wildman–Crippen MR) is 75.2 cm³/mol. The van der Waals surface area contributed by atoms with Crippen molar-refractivity contribution in [2.75, 3.05) is 0 Å². The molecule has 0 aromatic carbocycles. The van der Waals surface area contributed by atoms with E-state index in [0.29, 0.717) is 11.6 Å². The fourth-order valence-electron chi connectivity index (χ4n) is 2.92. The van der Waals surface area contributed by atoms with Crippen molar-refractivity contribution in [3.63, 3.8) is 0 Å². The number of amides is 1. The molecule has 0 bridgehead atoms. The first kappa shape index (κ1) is 13.8. The van der Waals surface area contributed by atoms with E-state index in [4.69, 9.17) is 0 Å². The molecule has 1 aromatic heterocycles. The Labute approximate surface area is 113 Å². The van der Waals surface area contributed by atoms with Gasteiger partial charge in [-0.1, -0.05) is 32.3 Å². The maximum absolute atomic E-state index is 12.1. The van der Waals surface area contributed by atoms with E-state index >= 15 is 0 Å². The zero-order valence-corrected chi connectivity index (χ0v) is 11.4. The minimum atomic E-state index is -0.238. The molecule has 19 heavy (non-hydrogen) atoms. The Morgan fingerprint density at radius 2 is 2.11 bits per heavy atom. The molecule has 1 unspecified atom stereocenters. The Bertz CT molecular complexity index is 475. The van der Waals surface area contributed by atoms with Crippen molar-refractivity contribution in [3.05, 3.63) is 34.2 Å². The number of carbonyl (C=O) groups is 1. The van der Waals surface area contributed by atoms with Crippen LogP contribution in [0.5, 0.6) is 0 Å². The lowest BCUT2D eigenvalue weighted by Crippen LogP contribution is -2.41. The van der Waals surface area contributed by atoms with Gasteiger partial charge in [-0.3, -0.25) is 9.59 Å². The summed E-state index contributed by atoms with van der Waals surface area (Å²) in [6.45, 7) is 2.10. The molecule has 1 atom stereocenters. The molecule has 1 aliphatic rings. The van der Waals surface area contributed by atoms with E-state index in [1.54, 1.807) is 12.1 Å². The first-order valence-electron chi connectivity index (χ1n) is 7.21. The van der Waals surface area contributed by atoms with Gasteiger partial charge in [-0.25, -0.2) is 0 Å². The predicted octanol–water partition coefficient (Wildman–Crippen LogP) is 2.46. The van der Waals surface area contributed by atoms with Gasteiger partial charge in [0, 0.05) is 12.1 Å². The van der Waals surface area contributed by atoms with E-state index in [0.717, 1.165) is 6.42 Å². The maximum Gasteiger partial charge on any atom is 0.268 e. The molecule has 0 aliphatic heterocycles. The molecule has 2 rings (SSSR count). The van der Waals surface area contributed by atoms with Gasteiger partial charge in [-0.2, -0.15) is 0 Å². The molecule has 4 nitrogen and oxygen atoms in total. The summed E-state index contributed by atoms with van der Waals surface area (Å²) in [6.07, 6.45) is 7.17. The van der Waals surface area contributed by atoms with Crippen molar-refractivity contribution in [2.45, 2.75) is 51.5 Å². The molecule has 104 valence electrons. The van der Waals surface area contributed by atoms with Crippen LogP contribution in [0.1, 0.15) is 55.9 Å². The zero-order chi connectivity index (χ0) is 13.7. The van der Waals surface area contributed by atoms with E-state index < -0.39 is 0 Å². The lowest BCUT2D eigenvalue weighted by atomic mass is 9.83. The summed E-state index contributed by atoms with van der Waals surface area (Å²) < 4.78 is 0. The Morgan fingerprint density at radius 3 is 2.74 bits per heavy atom. The third-order valence-electron chi connectivity index (χ3n) is 3.99. The van der Waals surface area contributed by atoms with Crippen LogP contribution in [0.2, 0.25) is 0 Å². The van der Waals surface area contributed by atoms with Crippen molar-refractivity contribution in [1.82, 2.24) is 10.3 Å². The second-order valence-electron chi connectivity index (χ2n) is 5.32. The van der Waals surface area contributed by atoms with Gasteiger partial charge in [0.15, 0.2) is 0 Å². The van der Waals surface area contributed by atoms with Gasteiger partial charge in [0.2, 0.25) is 5.56 Å². The quantitative estimate of drug-likeness (QED) is 0.875. The molecule has 0 radical (unpaired) electrons. The molecule has 1 aromatic rings. The lowest BCUT2D eigenvalue weighted by molar-refractivity contribution is 0.0906.